The van der Waals surface area contributed by atoms with Crippen molar-refractivity contribution in [3.05, 3.63) is 71.1 Å². The summed E-state index contributed by atoms with van der Waals surface area (Å²) in [6, 6.07) is 19.1. The second-order valence-electron chi connectivity index (χ2n) is 4.38. The Hall–Kier alpha value is -1.86. The minimum atomic E-state index is 1.25. The van der Waals surface area contributed by atoms with Crippen molar-refractivity contribution in [2.24, 2.45) is 0 Å². The third-order valence-electron chi connectivity index (χ3n) is 3.09. The summed E-state index contributed by atoms with van der Waals surface area (Å²) in [4.78, 5) is 0. The average molecular weight is 250 g/mol. The number of thiophene rings is 1. The van der Waals surface area contributed by atoms with Gasteiger partial charge in [0.2, 0.25) is 0 Å². The van der Waals surface area contributed by atoms with E-state index in [4.69, 9.17) is 0 Å². The van der Waals surface area contributed by atoms with E-state index in [-0.39, 0.29) is 0 Å². The second kappa shape index (κ2) is 4.79. The first-order valence-electron chi connectivity index (χ1n) is 6.04. The highest BCUT2D eigenvalue weighted by molar-refractivity contribution is 7.17. The fourth-order valence-electron chi connectivity index (χ4n) is 2.16. The van der Waals surface area contributed by atoms with Crippen LogP contribution in [0.4, 0.5) is 0 Å². The molecular formula is C17H14S. The van der Waals surface area contributed by atoms with E-state index in [0.717, 1.165) is 0 Å². The normalized spacial score (nSPS) is 11.9. The van der Waals surface area contributed by atoms with Gasteiger partial charge in [0.15, 0.2) is 0 Å². The minimum absolute atomic E-state index is 1.25. The fourth-order valence-corrected chi connectivity index (χ4v) is 3.18. The molecule has 0 amide bonds. The molecule has 3 aromatic rings. The first kappa shape index (κ1) is 11.2. The number of hydrogen-bond donors (Lipinski definition) is 0. The summed E-state index contributed by atoms with van der Waals surface area (Å²) in [7, 11) is 0. The van der Waals surface area contributed by atoms with Gasteiger partial charge in [0.1, 0.15) is 0 Å². The molecule has 0 saturated heterocycles. The van der Waals surface area contributed by atoms with Crippen LogP contribution in [0.1, 0.15) is 18.1 Å². The van der Waals surface area contributed by atoms with Crippen molar-refractivity contribution in [1.82, 2.24) is 0 Å². The lowest BCUT2D eigenvalue weighted by Crippen LogP contribution is -1.77. The van der Waals surface area contributed by atoms with Crippen LogP contribution in [0, 0.1) is 0 Å². The van der Waals surface area contributed by atoms with Gasteiger partial charge in [0.25, 0.3) is 0 Å². The van der Waals surface area contributed by atoms with Crippen LogP contribution < -0.4 is 0 Å². The van der Waals surface area contributed by atoms with Gasteiger partial charge in [-0.2, -0.15) is 0 Å². The number of fused-ring (bicyclic) bond motifs is 1. The monoisotopic (exact) mass is 250 g/mol. The number of benzene rings is 2. The summed E-state index contributed by atoms with van der Waals surface area (Å²) in [5.74, 6) is 0. The molecule has 0 atom stereocenters. The standard InChI is InChI=1S/C17H14S/c1-13(11-14-7-3-2-4-8-14)16-12-18-17-10-6-5-9-15(16)17/h2-12H,1H3/b13-11+. The molecule has 88 valence electrons. The molecule has 1 heterocycles. The smallest absolute Gasteiger partial charge is 0.0349 e. The minimum Gasteiger partial charge on any atom is -0.143 e. The molecule has 0 radical (unpaired) electrons. The van der Waals surface area contributed by atoms with Gasteiger partial charge in [0.05, 0.1) is 0 Å². The summed E-state index contributed by atoms with van der Waals surface area (Å²) in [6.07, 6.45) is 2.24. The summed E-state index contributed by atoms with van der Waals surface area (Å²) in [6.45, 7) is 2.18. The van der Waals surface area contributed by atoms with Crippen LogP contribution >= 0.6 is 11.3 Å². The lowest BCUT2D eigenvalue weighted by atomic mass is 10.0. The molecule has 18 heavy (non-hydrogen) atoms. The van der Waals surface area contributed by atoms with E-state index in [1.165, 1.54) is 26.8 Å². The maximum absolute atomic E-state index is 2.25. The fraction of sp³-hybridized carbons (Fsp3) is 0.0588. The third kappa shape index (κ3) is 2.09. The Bertz CT molecular complexity index is 690. The van der Waals surface area contributed by atoms with Gasteiger partial charge in [-0.05, 0) is 40.5 Å². The van der Waals surface area contributed by atoms with Crippen molar-refractivity contribution in [3.63, 3.8) is 0 Å². The van der Waals surface area contributed by atoms with Gasteiger partial charge in [-0.25, -0.2) is 0 Å². The van der Waals surface area contributed by atoms with E-state index < -0.39 is 0 Å². The van der Waals surface area contributed by atoms with Crippen molar-refractivity contribution >= 4 is 33.1 Å². The molecule has 0 N–H and O–H groups in total. The van der Waals surface area contributed by atoms with Crippen LogP contribution in [-0.4, -0.2) is 0 Å². The van der Waals surface area contributed by atoms with Crippen LogP contribution in [0.25, 0.3) is 21.7 Å². The predicted molar refractivity (Wildman–Crippen MR) is 81.8 cm³/mol. The first-order valence-corrected chi connectivity index (χ1v) is 6.92. The quantitative estimate of drug-likeness (QED) is 0.566. The molecule has 0 fully saturated rings. The highest BCUT2D eigenvalue weighted by atomic mass is 32.1. The van der Waals surface area contributed by atoms with Crippen molar-refractivity contribution in [1.29, 1.82) is 0 Å². The van der Waals surface area contributed by atoms with Crippen molar-refractivity contribution in [3.8, 4) is 0 Å². The summed E-state index contributed by atoms with van der Waals surface area (Å²) < 4.78 is 1.35. The van der Waals surface area contributed by atoms with Crippen molar-refractivity contribution in [2.75, 3.05) is 0 Å². The first-order chi connectivity index (χ1) is 8.84. The zero-order valence-electron chi connectivity index (χ0n) is 10.3. The van der Waals surface area contributed by atoms with Crippen LogP contribution in [-0.2, 0) is 0 Å². The molecule has 0 aliphatic rings. The molecule has 0 aliphatic heterocycles. The molecule has 0 saturated carbocycles. The molecule has 1 aromatic heterocycles. The van der Waals surface area contributed by atoms with E-state index in [1.807, 2.05) is 17.4 Å². The molecule has 1 heteroatoms. The molecule has 0 bridgehead atoms. The maximum Gasteiger partial charge on any atom is 0.0349 e. The lowest BCUT2D eigenvalue weighted by Gasteiger charge is -2.00. The Morgan fingerprint density at radius 3 is 2.50 bits per heavy atom. The highest BCUT2D eigenvalue weighted by Crippen LogP contribution is 2.31. The van der Waals surface area contributed by atoms with Gasteiger partial charge in [-0.1, -0.05) is 54.6 Å². The van der Waals surface area contributed by atoms with E-state index in [9.17, 15) is 0 Å². The van der Waals surface area contributed by atoms with Crippen molar-refractivity contribution in [2.45, 2.75) is 6.92 Å². The van der Waals surface area contributed by atoms with Gasteiger partial charge in [-0.3, -0.25) is 0 Å². The Balaban J connectivity index is 2.07. The maximum atomic E-state index is 2.25. The zero-order chi connectivity index (χ0) is 12.4. The van der Waals surface area contributed by atoms with Crippen LogP contribution in [0.5, 0.6) is 0 Å². The van der Waals surface area contributed by atoms with E-state index in [1.54, 1.807) is 0 Å². The molecular weight excluding hydrogens is 236 g/mol. The van der Waals surface area contributed by atoms with Gasteiger partial charge in [0, 0.05) is 4.70 Å². The topological polar surface area (TPSA) is 0 Å². The lowest BCUT2D eigenvalue weighted by molar-refractivity contribution is 1.64. The third-order valence-corrected chi connectivity index (χ3v) is 4.05. The number of allylic oxidation sites excluding steroid dienone is 1. The number of hydrogen-bond acceptors (Lipinski definition) is 1. The zero-order valence-corrected chi connectivity index (χ0v) is 11.1. The summed E-state index contributed by atoms with van der Waals surface area (Å²) in [5, 5.41) is 3.60. The SMILES string of the molecule is C/C(=C\c1ccccc1)c1csc2ccccc12. The largest absolute Gasteiger partial charge is 0.143 e. The second-order valence-corrected chi connectivity index (χ2v) is 5.29. The van der Waals surface area contributed by atoms with Gasteiger partial charge < -0.3 is 0 Å². The van der Waals surface area contributed by atoms with Crippen LogP contribution in [0.15, 0.2) is 60.0 Å². The number of rotatable bonds is 2. The molecule has 0 unspecified atom stereocenters. The average Bonchev–Trinajstić information content (AvgIpc) is 2.84. The Morgan fingerprint density at radius 2 is 1.67 bits per heavy atom. The van der Waals surface area contributed by atoms with Crippen LogP contribution in [0.3, 0.4) is 0 Å². The molecule has 0 nitrogen and oxygen atoms in total. The summed E-state index contributed by atoms with van der Waals surface area (Å²) in [5.41, 5.74) is 3.92. The van der Waals surface area contributed by atoms with E-state index >= 15 is 0 Å². The molecule has 2 aromatic carbocycles. The Kier molecular flexibility index (Phi) is 2.99. The van der Waals surface area contributed by atoms with Gasteiger partial charge in [-0.15, -0.1) is 11.3 Å². The Morgan fingerprint density at radius 1 is 0.944 bits per heavy atom. The van der Waals surface area contributed by atoms with E-state index in [0.29, 0.717) is 0 Å². The Labute approximate surface area is 111 Å². The summed E-state index contributed by atoms with van der Waals surface area (Å²) >= 11 is 1.81. The molecule has 3 rings (SSSR count). The van der Waals surface area contributed by atoms with Crippen molar-refractivity contribution < 1.29 is 0 Å². The molecule has 0 spiro atoms. The highest BCUT2D eigenvalue weighted by Gasteiger charge is 2.04. The predicted octanol–water partition coefficient (Wildman–Crippen LogP) is 5.46. The van der Waals surface area contributed by atoms with Gasteiger partial charge >= 0.3 is 0 Å². The van der Waals surface area contributed by atoms with Crippen LogP contribution in [0.2, 0.25) is 0 Å². The molecule has 0 aliphatic carbocycles. The van der Waals surface area contributed by atoms with E-state index in [2.05, 4.69) is 66.9 Å².